The van der Waals surface area contributed by atoms with E-state index in [0.29, 0.717) is 11.8 Å². The molecule has 28 heavy (non-hydrogen) atoms. The van der Waals surface area contributed by atoms with Gasteiger partial charge in [0.2, 0.25) is 0 Å². The van der Waals surface area contributed by atoms with Gasteiger partial charge in [0.1, 0.15) is 5.75 Å². The van der Waals surface area contributed by atoms with Crippen LogP contribution in [-0.4, -0.2) is 17.4 Å². The van der Waals surface area contributed by atoms with Gasteiger partial charge in [0.15, 0.2) is 0 Å². The Morgan fingerprint density at radius 2 is 1.64 bits per heavy atom. The molecule has 5 heteroatoms. The second kappa shape index (κ2) is 11.5. The van der Waals surface area contributed by atoms with Crippen molar-refractivity contribution in [3.8, 4) is 5.75 Å². The molecule has 0 bridgehead atoms. The van der Waals surface area contributed by atoms with Gasteiger partial charge in [0, 0.05) is 28.8 Å². The van der Waals surface area contributed by atoms with Crippen LogP contribution in [0, 0.1) is 6.92 Å². The topological polar surface area (TPSA) is 32.6 Å². The molecule has 0 radical (unpaired) electrons. The first-order chi connectivity index (χ1) is 13.4. The van der Waals surface area contributed by atoms with Crippen LogP contribution in [0.3, 0.4) is 0 Å². The quantitative estimate of drug-likeness (QED) is 0.447. The Bertz CT molecular complexity index is 772. The molecule has 0 amide bonds. The number of aryl methyl sites for hydroxylation is 1. The van der Waals surface area contributed by atoms with Crippen molar-refractivity contribution in [2.24, 2.45) is 4.99 Å². The SMILES string of the molecule is Cc1ccc(C(C)(C)c2ccccc2)c(O)c1C=NC1CCCCC1.[Cl][Zr][Cl]. The maximum atomic E-state index is 11.0. The third-order valence-electron chi connectivity index (χ3n) is 5.59. The van der Waals surface area contributed by atoms with E-state index in [9.17, 15) is 5.11 Å². The van der Waals surface area contributed by atoms with Crippen molar-refractivity contribution in [2.75, 3.05) is 0 Å². The van der Waals surface area contributed by atoms with E-state index in [1.165, 1.54) is 37.7 Å². The number of hydrogen-bond donors (Lipinski definition) is 1. The maximum absolute atomic E-state index is 11.0. The molecule has 150 valence electrons. The molecule has 2 aromatic rings. The fraction of sp³-hybridized carbons (Fsp3) is 0.435. The van der Waals surface area contributed by atoms with Gasteiger partial charge in [-0.05, 0) is 30.9 Å². The summed E-state index contributed by atoms with van der Waals surface area (Å²) in [4.78, 5) is 4.79. The van der Waals surface area contributed by atoms with Crippen LogP contribution in [-0.2, 0) is 26.3 Å². The molecule has 0 atom stereocenters. The molecule has 0 aliphatic heterocycles. The molecular weight excluding hydrogens is 468 g/mol. The van der Waals surface area contributed by atoms with E-state index < -0.39 is 20.8 Å². The second-order valence-electron chi connectivity index (χ2n) is 7.82. The summed E-state index contributed by atoms with van der Waals surface area (Å²) in [6, 6.07) is 14.9. The Morgan fingerprint density at radius 3 is 2.25 bits per heavy atom. The van der Waals surface area contributed by atoms with Crippen LogP contribution in [0.25, 0.3) is 0 Å². The van der Waals surface area contributed by atoms with Crippen LogP contribution in [0.5, 0.6) is 5.75 Å². The van der Waals surface area contributed by atoms with Crippen LogP contribution in [0.1, 0.15) is 68.2 Å². The standard InChI is InChI=1S/C23H29NO.2ClH.Zr/c1-17-14-15-21(23(2,3)18-10-6-4-7-11-18)22(25)20(17)16-24-19-12-8-5-9-13-19;;;/h4,6-7,10-11,14-16,19,25H,5,8-9,12-13H2,1-3H3;2*1H;/q;;;+2/p-2. The number of rotatable bonds is 4. The van der Waals surface area contributed by atoms with Gasteiger partial charge in [-0.2, -0.15) is 0 Å². The van der Waals surface area contributed by atoms with Gasteiger partial charge < -0.3 is 5.11 Å². The van der Waals surface area contributed by atoms with E-state index in [0.717, 1.165) is 16.7 Å². The molecule has 0 aromatic heterocycles. The average Bonchev–Trinajstić information content (AvgIpc) is 2.70. The van der Waals surface area contributed by atoms with Crippen molar-refractivity contribution in [3.05, 3.63) is 64.7 Å². The molecule has 1 N–H and O–H groups in total. The number of benzene rings is 2. The monoisotopic (exact) mass is 495 g/mol. The van der Waals surface area contributed by atoms with Gasteiger partial charge >= 0.3 is 37.9 Å². The average molecular weight is 498 g/mol. The Kier molecular flexibility index (Phi) is 9.74. The number of aromatic hydroxyl groups is 1. The zero-order chi connectivity index (χ0) is 20.6. The minimum absolute atomic E-state index is 0.257. The molecule has 0 heterocycles. The minimum atomic E-state index is -0.826. The molecule has 3 rings (SSSR count). The van der Waals surface area contributed by atoms with E-state index in [1.807, 2.05) is 31.3 Å². The Balaban J connectivity index is 0.000000878. The normalized spacial score (nSPS) is 15.2. The van der Waals surface area contributed by atoms with Crippen molar-refractivity contribution >= 4 is 23.2 Å². The second-order valence-corrected chi connectivity index (χ2v) is 11.6. The first kappa shape index (κ1) is 23.7. The Labute approximate surface area is 188 Å². The third-order valence-corrected chi connectivity index (χ3v) is 5.59. The Hall–Kier alpha value is -0.627. The molecule has 0 spiro atoms. The molecule has 1 aliphatic carbocycles. The number of hydrogen-bond acceptors (Lipinski definition) is 2. The van der Waals surface area contributed by atoms with Gasteiger partial charge in [0.05, 0.1) is 0 Å². The van der Waals surface area contributed by atoms with Crippen LogP contribution in [0.15, 0.2) is 47.5 Å². The first-order valence-corrected chi connectivity index (χ1v) is 16.1. The summed E-state index contributed by atoms with van der Waals surface area (Å²) < 4.78 is 0. The van der Waals surface area contributed by atoms with Crippen LogP contribution in [0.2, 0.25) is 0 Å². The summed E-state index contributed by atoms with van der Waals surface area (Å²) in [6.45, 7) is 6.37. The summed E-state index contributed by atoms with van der Waals surface area (Å²) in [5.41, 5.74) is 3.84. The van der Waals surface area contributed by atoms with Gasteiger partial charge in [-0.15, -0.1) is 0 Å². The van der Waals surface area contributed by atoms with Crippen molar-refractivity contribution in [1.29, 1.82) is 0 Å². The summed E-state index contributed by atoms with van der Waals surface area (Å²) in [5, 5.41) is 11.0. The van der Waals surface area contributed by atoms with Gasteiger partial charge in [-0.1, -0.05) is 75.6 Å². The summed E-state index contributed by atoms with van der Waals surface area (Å²) in [5.74, 6) is 0.369. The molecular formula is C23H29Cl2NOZr. The summed E-state index contributed by atoms with van der Waals surface area (Å²) in [6.07, 6.45) is 8.13. The van der Waals surface area contributed by atoms with Crippen molar-refractivity contribution in [2.45, 2.75) is 64.3 Å². The zero-order valence-corrected chi connectivity index (χ0v) is 20.9. The predicted octanol–water partition coefficient (Wildman–Crippen LogP) is 7.15. The third kappa shape index (κ3) is 6.18. The Morgan fingerprint density at radius 1 is 1.04 bits per heavy atom. The van der Waals surface area contributed by atoms with Crippen molar-refractivity contribution in [3.63, 3.8) is 0 Å². The summed E-state index contributed by atoms with van der Waals surface area (Å²) >= 11 is -0.826. The fourth-order valence-corrected chi connectivity index (χ4v) is 3.80. The number of aliphatic imine (C=N–C) groups is 1. The number of nitrogens with zero attached hydrogens (tertiary/aromatic N) is 1. The van der Waals surface area contributed by atoms with E-state index >= 15 is 0 Å². The van der Waals surface area contributed by atoms with Crippen LogP contribution < -0.4 is 0 Å². The molecule has 0 saturated heterocycles. The molecule has 2 nitrogen and oxygen atoms in total. The first-order valence-electron chi connectivity index (χ1n) is 9.79. The zero-order valence-electron chi connectivity index (χ0n) is 16.9. The molecule has 1 fully saturated rings. The van der Waals surface area contributed by atoms with Gasteiger partial charge in [0.25, 0.3) is 0 Å². The van der Waals surface area contributed by atoms with E-state index in [2.05, 4.69) is 38.1 Å². The summed E-state index contributed by atoms with van der Waals surface area (Å²) in [7, 11) is 9.87. The number of halogens is 2. The van der Waals surface area contributed by atoms with E-state index in [1.54, 1.807) is 0 Å². The fourth-order valence-electron chi connectivity index (χ4n) is 3.80. The molecule has 0 unspecified atom stereocenters. The van der Waals surface area contributed by atoms with E-state index in [-0.39, 0.29) is 5.41 Å². The number of phenolic OH excluding ortho intramolecular Hbond substituents is 1. The van der Waals surface area contributed by atoms with Crippen LogP contribution >= 0.6 is 17.0 Å². The van der Waals surface area contributed by atoms with Gasteiger partial charge in [-0.25, -0.2) is 0 Å². The molecule has 1 saturated carbocycles. The van der Waals surface area contributed by atoms with Crippen molar-refractivity contribution in [1.82, 2.24) is 0 Å². The molecule has 2 aromatic carbocycles. The van der Waals surface area contributed by atoms with Crippen molar-refractivity contribution < 1.29 is 26.0 Å². The van der Waals surface area contributed by atoms with Crippen LogP contribution in [0.4, 0.5) is 0 Å². The predicted molar refractivity (Wildman–Crippen MR) is 118 cm³/mol. The van der Waals surface area contributed by atoms with E-state index in [4.69, 9.17) is 22.0 Å². The van der Waals surface area contributed by atoms with Gasteiger partial charge in [-0.3, -0.25) is 4.99 Å². The molecule has 1 aliphatic rings. The number of phenols is 1.